The molecule has 0 radical (unpaired) electrons. The van der Waals surface area contributed by atoms with Crippen molar-refractivity contribution in [1.29, 1.82) is 0 Å². The molecule has 2 N–H and O–H groups in total. The molecule has 3 aromatic carbocycles. The number of carbonyl (C=O) groups is 1. The number of hydrogen-bond acceptors (Lipinski definition) is 5. The second-order valence-corrected chi connectivity index (χ2v) is 9.25. The molecule has 184 valence electrons. The molecule has 6 nitrogen and oxygen atoms in total. The fraction of sp³-hybridized carbons (Fsp3) is 0.286. The Bertz CT molecular complexity index is 1200. The third-order valence-corrected chi connectivity index (χ3v) is 5.87. The van der Waals surface area contributed by atoms with E-state index in [1.165, 1.54) is 23.8 Å². The van der Waals surface area contributed by atoms with Crippen molar-refractivity contribution in [1.82, 2.24) is 5.43 Å². The van der Waals surface area contributed by atoms with Gasteiger partial charge in [-0.15, -0.1) is 0 Å². The van der Waals surface area contributed by atoms with Gasteiger partial charge in [-0.05, 0) is 58.9 Å². The number of rotatable bonds is 9. The highest BCUT2D eigenvalue weighted by atomic mass is 35.5. The number of methoxy groups -OCH3 is 1. The van der Waals surface area contributed by atoms with Crippen molar-refractivity contribution in [3.05, 3.63) is 87.4 Å². The van der Waals surface area contributed by atoms with E-state index in [2.05, 4.69) is 62.5 Å². The van der Waals surface area contributed by atoms with Crippen LogP contribution in [0, 0.1) is 0 Å². The molecule has 0 aliphatic rings. The molecule has 35 heavy (non-hydrogen) atoms. The first-order valence-corrected chi connectivity index (χ1v) is 11.8. The van der Waals surface area contributed by atoms with Gasteiger partial charge in [0.25, 0.3) is 5.91 Å². The van der Waals surface area contributed by atoms with Gasteiger partial charge in [0.15, 0.2) is 11.5 Å². The minimum atomic E-state index is -0.442. The fourth-order valence-electron chi connectivity index (χ4n) is 3.49. The number of aromatic hydroxyl groups is 1. The van der Waals surface area contributed by atoms with Crippen LogP contribution in [0.15, 0.2) is 59.7 Å². The van der Waals surface area contributed by atoms with Crippen LogP contribution in [0.25, 0.3) is 0 Å². The molecule has 1 amide bonds. The van der Waals surface area contributed by atoms with Gasteiger partial charge in [-0.2, -0.15) is 5.10 Å². The minimum Gasteiger partial charge on any atom is -0.506 e. The van der Waals surface area contributed by atoms with E-state index in [4.69, 9.17) is 21.1 Å². The van der Waals surface area contributed by atoms with Gasteiger partial charge in [0.1, 0.15) is 12.4 Å². The maximum Gasteiger partial charge on any atom is 0.271 e. The molecule has 0 aliphatic heterocycles. The molecule has 0 bridgehead atoms. The lowest BCUT2D eigenvalue weighted by atomic mass is 9.99. The topological polar surface area (TPSA) is 80.2 Å². The molecule has 3 rings (SSSR count). The Kier molecular flexibility index (Phi) is 8.77. The molecule has 0 unspecified atom stereocenters. The van der Waals surface area contributed by atoms with E-state index >= 15 is 0 Å². The lowest BCUT2D eigenvalue weighted by molar-refractivity contribution is 0.0955. The molecule has 0 aromatic heterocycles. The Morgan fingerprint density at radius 2 is 1.77 bits per heavy atom. The summed E-state index contributed by atoms with van der Waals surface area (Å²) in [6.45, 7) is 8.93. The minimum absolute atomic E-state index is 0.0880. The van der Waals surface area contributed by atoms with E-state index in [-0.39, 0.29) is 22.3 Å². The number of hydrogen-bond donors (Lipinski definition) is 2. The van der Waals surface area contributed by atoms with Crippen LogP contribution in [0.5, 0.6) is 17.2 Å². The van der Waals surface area contributed by atoms with E-state index in [1.54, 1.807) is 13.3 Å². The number of nitrogens with zero attached hydrogens (tertiary/aromatic N) is 1. The van der Waals surface area contributed by atoms with Crippen molar-refractivity contribution < 1.29 is 19.4 Å². The summed E-state index contributed by atoms with van der Waals surface area (Å²) in [4.78, 5) is 12.3. The van der Waals surface area contributed by atoms with E-state index in [9.17, 15) is 9.90 Å². The molecule has 0 heterocycles. The van der Waals surface area contributed by atoms with Gasteiger partial charge >= 0.3 is 0 Å². The van der Waals surface area contributed by atoms with Gasteiger partial charge in [-0.3, -0.25) is 4.79 Å². The molecule has 0 saturated heterocycles. The summed E-state index contributed by atoms with van der Waals surface area (Å²) in [7, 11) is 1.60. The number of phenols is 1. The van der Waals surface area contributed by atoms with Crippen LogP contribution in [0.4, 0.5) is 0 Å². The van der Waals surface area contributed by atoms with E-state index in [0.717, 1.165) is 16.7 Å². The first kappa shape index (κ1) is 26.1. The lowest BCUT2D eigenvalue weighted by Gasteiger charge is -2.18. The number of phenolic OH excluding ortho intramolecular Hbond substituents is 1. The zero-order valence-electron chi connectivity index (χ0n) is 20.6. The molecule has 0 spiro atoms. The predicted octanol–water partition coefficient (Wildman–Crippen LogP) is 6.64. The molecule has 0 saturated carbocycles. The normalized spacial score (nSPS) is 11.3. The molecule has 0 fully saturated rings. The van der Waals surface area contributed by atoms with Crippen molar-refractivity contribution >= 4 is 23.7 Å². The predicted molar refractivity (Wildman–Crippen MR) is 140 cm³/mol. The summed E-state index contributed by atoms with van der Waals surface area (Å²) in [6.07, 6.45) is 1.54. The van der Waals surface area contributed by atoms with Gasteiger partial charge in [0.2, 0.25) is 0 Å². The zero-order valence-corrected chi connectivity index (χ0v) is 21.4. The summed E-state index contributed by atoms with van der Waals surface area (Å²) in [5, 5.41) is 13.7. The van der Waals surface area contributed by atoms with Crippen molar-refractivity contribution in [3.63, 3.8) is 0 Å². The van der Waals surface area contributed by atoms with Gasteiger partial charge < -0.3 is 14.6 Å². The number of ether oxygens (including phenoxy) is 2. The Labute approximate surface area is 211 Å². The Balaban J connectivity index is 1.76. The number of amides is 1. The summed E-state index contributed by atoms with van der Waals surface area (Å²) in [5.41, 5.74) is 6.85. The van der Waals surface area contributed by atoms with E-state index < -0.39 is 5.91 Å². The average Bonchev–Trinajstić information content (AvgIpc) is 2.84. The van der Waals surface area contributed by atoms with Crippen LogP contribution in [0.2, 0.25) is 5.02 Å². The summed E-state index contributed by atoms with van der Waals surface area (Å²) < 4.78 is 11.8. The summed E-state index contributed by atoms with van der Waals surface area (Å²) >= 11 is 5.87. The smallest absolute Gasteiger partial charge is 0.271 e. The van der Waals surface area contributed by atoms with E-state index in [1.807, 2.05) is 12.1 Å². The van der Waals surface area contributed by atoms with Gasteiger partial charge in [0.05, 0.1) is 18.3 Å². The van der Waals surface area contributed by atoms with Crippen LogP contribution in [0.1, 0.15) is 72.1 Å². The maximum atomic E-state index is 12.3. The highest BCUT2D eigenvalue weighted by molar-refractivity contribution is 6.32. The Hall–Kier alpha value is -3.51. The van der Waals surface area contributed by atoms with E-state index in [0.29, 0.717) is 24.0 Å². The van der Waals surface area contributed by atoms with Crippen LogP contribution in [0.3, 0.4) is 0 Å². The van der Waals surface area contributed by atoms with Crippen molar-refractivity contribution in [2.24, 2.45) is 5.10 Å². The van der Waals surface area contributed by atoms with Crippen LogP contribution in [-0.2, 0) is 6.61 Å². The largest absolute Gasteiger partial charge is 0.506 e. The number of halogens is 1. The number of hydrazone groups is 1. The number of nitrogens with one attached hydrogen (secondary N) is 1. The first-order chi connectivity index (χ1) is 16.7. The summed E-state index contributed by atoms with van der Waals surface area (Å²) in [6, 6.07) is 16.4. The second kappa shape index (κ2) is 11.8. The molecule has 3 aromatic rings. The highest BCUT2D eigenvalue weighted by Gasteiger charge is 2.16. The Morgan fingerprint density at radius 3 is 2.37 bits per heavy atom. The Morgan fingerprint density at radius 1 is 1.06 bits per heavy atom. The summed E-state index contributed by atoms with van der Waals surface area (Å²) in [5.74, 6) is 1.40. The molecule has 7 heteroatoms. The van der Waals surface area contributed by atoms with Gasteiger partial charge in [-0.1, -0.05) is 63.6 Å². The van der Waals surface area contributed by atoms with Crippen LogP contribution < -0.4 is 14.9 Å². The van der Waals surface area contributed by atoms with Gasteiger partial charge in [-0.25, -0.2) is 5.43 Å². The molecule has 0 atom stereocenters. The van der Waals surface area contributed by atoms with Crippen LogP contribution >= 0.6 is 11.6 Å². The zero-order chi connectivity index (χ0) is 25.5. The molecular formula is C28H31ClN2O4. The van der Waals surface area contributed by atoms with Gasteiger partial charge in [0, 0.05) is 11.1 Å². The monoisotopic (exact) mass is 494 g/mol. The first-order valence-electron chi connectivity index (χ1n) is 11.4. The molecular weight excluding hydrogens is 464 g/mol. The maximum absolute atomic E-state index is 12.3. The molecule has 0 aliphatic carbocycles. The SMILES string of the molecule is COc1cc(/C=N/NC(=O)c2ccc(O)c(Cl)c2)cc(C(C)C)c1OCc1ccc(C(C)C)cc1. The van der Waals surface area contributed by atoms with Crippen LogP contribution in [-0.4, -0.2) is 24.3 Å². The average molecular weight is 495 g/mol. The second-order valence-electron chi connectivity index (χ2n) is 8.85. The highest BCUT2D eigenvalue weighted by Crippen LogP contribution is 2.37. The standard InChI is InChI=1S/C28H31ClN2O4/c1-17(2)21-8-6-19(7-9-21)16-35-27-23(18(3)4)12-20(13-26(27)34-5)15-30-31-28(33)22-10-11-25(32)24(29)14-22/h6-15,17-18,32H,16H2,1-5H3,(H,31,33)/b30-15+. The third-order valence-electron chi connectivity index (χ3n) is 5.57. The lowest BCUT2D eigenvalue weighted by Crippen LogP contribution is -2.17. The van der Waals surface area contributed by atoms with Crippen molar-refractivity contribution in [3.8, 4) is 17.2 Å². The van der Waals surface area contributed by atoms with Crippen molar-refractivity contribution in [2.45, 2.75) is 46.1 Å². The van der Waals surface area contributed by atoms with Crippen molar-refractivity contribution in [2.75, 3.05) is 7.11 Å². The number of benzene rings is 3. The third kappa shape index (κ3) is 6.76. The fourth-order valence-corrected chi connectivity index (χ4v) is 3.67. The number of carbonyl (C=O) groups excluding carboxylic acids is 1. The quantitative estimate of drug-likeness (QED) is 0.258.